The molecule has 3 aromatic rings. The van der Waals surface area contributed by atoms with Crippen molar-refractivity contribution in [3.05, 3.63) is 53.6 Å². The van der Waals surface area contributed by atoms with Gasteiger partial charge in [-0.15, -0.1) is 12.4 Å². The molecule has 7 heteroatoms. The lowest BCUT2D eigenvalue weighted by atomic mass is 10.1. The fourth-order valence-corrected chi connectivity index (χ4v) is 4.20. The number of amides is 1. The molecule has 0 atom stereocenters. The van der Waals surface area contributed by atoms with Crippen molar-refractivity contribution >= 4 is 45.0 Å². The molecule has 0 aliphatic heterocycles. The van der Waals surface area contributed by atoms with Crippen molar-refractivity contribution in [1.29, 1.82) is 0 Å². The molecule has 0 saturated heterocycles. The summed E-state index contributed by atoms with van der Waals surface area (Å²) >= 11 is 1.52. The molecule has 0 spiro atoms. The first-order valence-corrected chi connectivity index (χ1v) is 10.4. The molecule has 0 saturated carbocycles. The zero-order valence-corrected chi connectivity index (χ0v) is 19.0. The Hall–Kier alpha value is -2.15. The number of para-hydroxylation sites is 1. The molecule has 0 bridgehead atoms. The van der Waals surface area contributed by atoms with E-state index in [-0.39, 0.29) is 18.3 Å². The lowest BCUT2D eigenvalue weighted by Gasteiger charge is -2.24. The van der Waals surface area contributed by atoms with E-state index < -0.39 is 0 Å². The summed E-state index contributed by atoms with van der Waals surface area (Å²) in [5.41, 5.74) is 2.56. The van der Waals surface area contributed by atoms with Crippen LogP contribution < -0.4 is 9.64 Å². The molecule has 0 aliphatic carbocycles. The van der Waals surface area contributed by atoms with E-state index in [4.69, 9.17) is 9.72 Å². The van der Waals surface area contributed by atoms with Crippen LogP contribution in [0.1, 0.15) is 29.8 Å². The highest BCUT2D eigenvalue weighted by molar-refractivity contribution is 7.22. The van der Waals surface area contributed by atoms with Crippen LogP contribution in [0.15, 0.2) is 42.5 Å². The van der Waals surface area contributed by atoms with Crippen molar-refractivity contribution in [2.75, 3.05) is 38.2 Å². The number of nitrogens with zero attached hydrogens (tertiary/aromatic N) is 3. The lowest BCUT2D eigenvalue weighted by Crippen LogP contribution is -2.38. The van der Waals surface area contributed by atoms with Crippen molar-refractivity contribution in [3.8, 4) is 5.75 Å². The van der Waals surface area contributed by atoms with Crippen LogP contribution in [0.2, 0.25) is 0 Å². The SMILES string of the molecule is CCN(CC)CCN(C(=O)c1cccc(C)c1)c1nc2c(OC)cccc2s1.Cl. The minimum absolute atomic E-state index is 0. The molecular formula is C22H28ClN3O2S. The highest BCUT2D eigenvalue weighted by atomic mass is 35.5. The van der Waals surface area contributed by atoms with Gasteiger partial charge < -0.3 is 9.64 Å². The van der Waals surface area contributed by atoms with Gasteiger partial charge in [0.2, 0.25) is 0 Å². The molecule has 1 aromatic heterocycles. The van der Waals surface area contributed by atoms with E-state index in [9.17, 15) is 4.79 Å². The molecule has 0 N–H and O–H groups in total. The zero-order chi connectivity index (χ0) is 20.1. The highest BCUT2D eigenvalue weighted by Crippen LogP contribution is 2.34. The number of aryl methyl sites for hydroxylation is 1. The third-order valence-corrected chi connectivity index (χ3v) is 5.91. The smallest absolute Gasteiger partial charge is 0.260 e. The summed E-state index contributed by atoms with van der Waals surface area (Å²) in [7, 11) is 1.64. The number of ether oxygens (including phenoxy) is 1. The second-order valence-electron chi connectivity index (χ2n) is 6.66. The Kier molecular flexibility index (Phi) is 8.44. The van der Waals surface area contributed by atoms with Gasteiger partial charge in [-0.25, -0.2) is 4.98 Å². The van der Waals surface area contributed by atoms with E-state index in [0.717, 1.165) is 41.2 Å². The molecule has 3 rings (SSSR count). The van der Waals surface area contributed by atoms with Crippen molar-refractivity contribution < 1.29 is 9.53 Å². The number of aromatic nitrogens is 1. The number of benzene rings is 2. The molecule has 29 heavy (non-hydrogen) atoms. The van der Waals surface area contributed by atoms with Gasteiger partial charge in [-0.1, -0.05) is 48.9 Å². The fourth-order valence-electron chi connectivity index (χ4n) is 3.19. The molecule has 2 aromatic carbocycles. The zero-order valence-electron chi connectivity index (χ0n) is 17.3. The number of fused-ring (bicyclic) bond motifs is 1. The molecular weight excluding hydrogens is 406 g/mol. The Labute approximate surface area is 182 Å². The van der Waals surface area contributed by atoms with Crippen molar-refractivity contribution in [2.45, 2.75) is 20.8 Å². The summed E-state index contributed by atoms with van der Waals surface area (Å²) in [5, 5.41) is 0.707. The molecule has 5 nitrogen and oxygen atoms in total. The third kappa shape index (κ3) is 5.26. The first kappa shape index (κ1) is 23.1. The Bertz CT molecular complexity index is 956. The average Bonchev–Trinajstić information content (AvgIpc) is 3.14. The predicted molar refractivity (Wildman–Crippen MR) is 124 cm³/mol. The molecule has 1 amide bonds. The Morgan fingerprint density at radius 3 is 2.48 bits per heavy atom. The number of hydrogen-bond donors (Lipinski definition) is 0. The van der Waals surface area contributed by atoms with Gasteiger partial charge in [-0.3, -0.25) is 9.69 Å². The molecule has 156 valence electrons. The maximum Gasteiger partial charge on any atom is 0.260 e. The van der Waals surface area contributed by atoms with Crippen molar-refractivity contribution in [3.63, 3.8) is 0 Å². The number of carbonyl (C=O) groups is 1. The summed E-state index contributed by atoms with van der Waals surface area (Å²) in [5.74, 6) is 0.709. The first-order chi connectivity index (χ1) is 13.6. The number of thiazole rings is 1. The number of likely N-dealkylation sites (N-methyl/N-ethyl adjacent to an activating group) is 1. The largest absolute Gasteiger partial charge is 0.494 e. The monoisotopic (exact) mass is 433 g/mol. The molecule has 0 radical (unpaired) electrons. The van der Waals surface area contributed by atoms with Gasteiger partial charge in [0.25, 0.3) is 5.91 Å². The lowest BCUT2D eigenvalue weighted by molar-refractivity contribution is 0.0983. The van der Waals surface area contributed by atoms with Crippen LogP contribution in [0.4, 0.5) is 5.13 Å². The molecule has 1 heterocycles. The van der Waals surface area contributed by atoms with Crippen LogP contribution in [0.25, 0.3) is 10.2 Å². The maximum atomic E-state index is 13.4. The average molecular weight is 434 g/mol. The number of methoxy groups -OCH3 is 1. The van der Waals surface area contributed by atoms with Crippen LogP contribution in [-0.4, -0.2) is 49.1 Å². The summed E-state index contributed by atoms with van der Waals surface area (Å²) in [6, 6.07) is 13.6. The summed E-state index contributed by atoms with van der Waals surface area (Å²) in [6.45, 7) is 9.58. The fraction of sp³-hybridized carbons (Fsp3) is 0.364. The number of halogens is 1. The second kappa shape index (κ2) is 10.6. The van der Waals surface area contributed by atoms with E-state index in [2.05, 4.69) is 18.7 Å². The van der Waals surface area contributed by atoms with Crippen LogP contribution in [0.5, 0.6) is 5.75 Å². The van der Waals surface area contributed by atoms with E-state index in [1.807, 2.05) is 49.4 Å². The summed E-state index contributed by atoms with van der Waals surface area (Å²) in [4.78, 5) is 22.2. The number of hydrogen-bond acceptors (Lipinski definition) is 5. The number of carbonyl (C=O) groups excluding carboxylic acids is 1. The van der Waals surface area contributed by atoms with Gasteiger partial charge in [0.15, 0.2) is 5.13 Å². The third-order valence-electron chi connectivity index (χ3n) is 4.87. The van der Waals surface area contributed by atoms with Crippen LogP contribution in [0.3, 0.4) is 0 Å². The van der Waals surface area contributed by atoms with Gasteiger partial charge in [-0.2, -0.15) is 0 Å². The minimum Gasteiger partial charge on any atom is -0.494 e. The van der Waals surface area contributed by atoms with Gasteiger partial charge >= 0.3 is 0 Å². The topological polar surface area (TPSA) is 45.7 Å². The Morgan fingerprint density at radius 2 is 1.83 bits per heavy atom. The number of rotatable bonds is 8. The van der Waals surface area contributed by atoms with Crippen molar-refractivity contribution in [2.24, 2.45) is 0 Å². The first-order valence-electron chi connectivity index (χ1n) is 9.61. The van der Waals surface area contributed by atoms with Crippen LogP contribution >= 0.6 is 23.7 Å². The Morgan fingerprint density at radius 1 is 1.10 bits per heavy atom. The van der Waals surface area contributed by atoms with Crippen molar-refractivity contribution in [1.82, 2.24) is 9.88 Å². The van der Waals surface area contributed by atoms with Gasteiger partial charge in [0, 0.05) is 18.7 Å². The summed E-state index contributed by atoms with van der Waals surface area (Å²) in [6.07, 6.45) is 0. The predicted octanol–water partition coefficient (Wildman–Crippen LogP) is 5.02. The van der Waals surface area contributed by atoms with Gasteiger partial charge in [0.1, 0.15) is 11.3 Å². The Balaban J connectivity index is 0.00000300. The van der Waals surface area contributed by atoms with E-state index in [0.29, 0.717) is 17.2 Å². The maximum absolute atomic E-state index is 13.4. The standard InChI is InChI=1S/C22H27N3O2S.ClH/c1-5-24(6-2)13-14-25(21(26)17-10-7-9-16(3)15-17)22-23-20-18(27-4)11-8-12-19(20)28-22;/h7-12,15H,5-6,13-14H2,1-4H3;1H. The van der Waals surface area contributed by atoms with E-state index in [1.165, 1.54) is 11.3 Å². The quantitative estimate of drug-likeness (QED) is 0.500. The summed E-state index contributed by atoms with van der Waals surface area (Å²) < 4.78 is 6.46. The second-order valence-corrected chi connectivity index (χ2v) is 7.67. The van der Waals surface area contributed by atoms with E-state index in [1.54, 1.807) is 12.0 Å². The highest BCUT2D eigenvalue weighted by Gasteiger charge is 2.22. The van der Waals surface area contributed by atoms with Crippen LogP contribution in [-0.2, 0) is 0 Å². The minimum atomic E-state index is -0.0196. The van der Waals surface area contributed by atoms with Gasteiger partial charge in [0.05, 0.1) is 11.8 Å². The van der Waals surface area contributed by atoms with Crippen LogP contribution in [0, 0.1) is 6.92 Å². The molecule has 0 aliphatic rings. The molecule has 0 unspecified atom stereocenters. The van der Waals surface area contributed by atoms with E-state index >= 15 is 0 Å². The normalized spacial score (nSPS) is 10.8. The molecule has 0 fully saturated rings. The number of anilines is 1. The van der Waals surface area contributed by atoms with Gasteiger partial charge in [-0.05, 0) is 44.3 Å².